The van der Waals surface area contributed by atoms with Crippen LogP contribution in [0.2, 0.25) is 0 Å². The number of benzene rings is 5. The summed E-state index contributed by atoms with van der Waals surface area (Å²) in [6.45, 7) is 0. The molecule has 0 atom stereocenters. The number of carbonyl (C=O) groups excluding carboxylic acids is 1. The third-order valence-electron chi connectivity index (χ3n) is 8.97. The normalized spacial score (nSPS) is 11.8. The van der Waals surface area contributed by atoms with Gasteiger partial charge >= 0.3 is 0 Å². The molecule has 0 saturated heterocycles. The summed E-state index contributed by atoms with van der Waals surface area (Å²) in [4.78, 5) is 48.4. The molecule has 0 amide bonds. The van der Waals surface area contributed by atoms with Crippen molar-refractivity contribution < 1.29 is 4.79 Å². The number of rotatable bonds is 1. The Morgan fingerprint density at radius 2 is 0.857 bits per heavy atom. The number of hydrogen-bond donors (Lipinski definition) is 2. The molecule has 0 aliphatic carbocycles. The molecule has 8 aromatic rings. The van der Waals surface area contributed by atoms with E-state index in [0.29, 0.717) is 57.1 Å². The maximum atomic E-state index is 14.6. The summed E-state index contributed by atoms with van der Waals surface area (Å²) in [5.41, 5.74) is 12.3. The first-order chi connectivity index (χ1) is 24.1. The van der Waals surface area contributed by atoms with E-state index in [0.717, 1.165) is 43.8 Å². The van der Waals surface area contributed by atoms with E-state index >= 15 is 0 Å². The zero-order valence-electron chi connectivity index (χ0n) is 25.7. The van der Waals surface area contributed by atoms with Crippen LogP contribution in [0, 0.1) is 0 Å². The number of nitrogen functional groups attached to an aromatic ring is 1. The quantitative estimate of drug-likeness (QED) is 0.176. The van der Waals surface area contributed by atoms with E-state index in [4.69, 9.17) is 35.6 Å². The third kappa shape index (κ3) is 4.10. The number of aromatic amines is 1. The maximum Gasteiger partial charge on any atom is 0.265 e. The molecule has 0 unspecified atom stereocenters. The van der Waals surface area contributed by atoms with Gasteiger partial charge in [-0.3, -0.25) is 4.79 Å². The summed E-state index contributed by atoms with van der Waals surface area (Å²) in [5, 5.41) is 3.27. The minimum absolute atomic E-state index is 0.319. The van der Waals surface area contributed by atoms with Crippen molar-refractivity contribution in [3.05, 3.63) is 127 Å². The average Bonchev–Trinajstić information content (AvgIpc) is 3.86. The van der Waals surface area contributed by atoms with Gasteiger partial charge in [-0.15, -0.1) is 0 Å². The van der Waals surface area contributed by atoms with Crippen molar-refractivity contribution in [3.8, 4) is 45.6 Å². The largest absolute Gasteiger partial charge is 0.399 e. The van der Waals surface area contributed by atoms with Crippen LogP contribution in [-0.2, 0) is 0 Å². The minimum atomic E-state index is -0.319. The van der Waals surface area contributed by atoms with Crippen molar-refractivity contribution >= 4 is 55.7 Å². The Morgan fingerprint density at radius 3 is 1.31 bits per heavy atom. The van der Waals surface area contributed by atoms with Crippen LogP contribution in [0.5, 0.6) is 0 Å². The van der Waals surface area contributed by atoms with Crippen LogP contribution < -0.4 is 5.73 Å². The minimum Gasteiger partial charge on any atom is -0.399 e. The van der Waals surface area contributed by atoms with Crippen LogP contribution >= 0.6 is 0 Å². The number of nitrogens with two attached hydrogens (primary N) is 1. The summed E-state index contributed by atoms with van der Waals surface area (Å²) >= 11 is 0. The van der Waals surface area contributed by atoms with Crippen molar-refractivity contribution in [1.29, 1.82) is 0 Å². The Kier molecular flexibility index (Phi) is 5.65. The molecule has 230 valence electrons. The molecule has 5 aromatic carbocycles. The van der Waals surface area contributed by atoms with Gasteiger partial charge in [0.1, 0.15) is 11.3 Å². The molecular formula is C39H23N9O. The fourth-order valence-corrected chi connectivity index (χ4v) is 6.64. The molecule has 8 bridgehead atoms. The predicted molar refractivity (Wildman–Crippen MR) is 190 cm³/mol. The first kappa shape index (κ1) is 27.1. The average molecular weight is 634 g/mol. The Bertz CT molecular complexity index is 2710. The fraction of sp³-hybridized carbons (Fsp3) is 0. The van der Waals surface area contributed by atoms with Gasteiger partial charge in [-0.2, -0.15) is 0 Å². The molecule has 10 rings (SSSR count). The molecule has 10 nitrogen and oxygen atoms in total. The zero-order valence-corrected chi connectivity index (χ0v) is 25.7. The van der Waals surface area contributed by atoms with Crippen LogP contribution in [0.15, 0.2) is 121 Å². The topological polar surface area (TPSA) is 141 Å². The molecular weight excluding hydrogens is 610 g/mol. The van der Waals surface area contributed by atoms with Crippen LogP contribution in [0.3, 0.4) is 0 Å². The second-order valence-electron chi connectivity index (χ2n) is 11.9. The van der Waals surface area contributed by atoms with Gasteiger partial charge in [0, 0.05) is 55.0 Å². The Balaban J connectivity index is 1.44. The molecule has 10 heteroatoms. The number of nitrogens with one attached hydrogen (secondary N) is 1. The molecule has 0 spiro atoms. The number of H-pyrrole nitrogens is 1. The van der Waals surface area contributed by atoms with Gasteiger partial charge in [-0.05, 0) is 24.3 Å². The highest BCUT2D eigenvalue weighted by Gasteiger charge is 2.25. The van der Waals surface area contributed by atoms with E-state index in [-0.39, 0.29) is 5.91 Å². The summed E-state index contributed by atoms with van der Waals surface area (Å²) < 4.78 is 1.55. The first-order valence-electron chi connectivity index (χ1n) is 15.7. The Hall–Kier alpha value is -7.07. The molecule has 0 saturated carbocycles. The lowest BCUT2D eigenvalue weighted by Gasteiger charge is -2.05. The number of aromatic nitrogens is 8. The third-order valence-corrected chi connectivity index (χ3v) is 8.97. The molecule has 49 heavy (non-hydrogen) atoms. The number of anilines is 1. The predicted octanol–water partition coefficient (Wildman–Crippen LogP) is 7.61. The van der Waals surface area contributed by atoms with Gasteiger partial charge in [0.25, 0.3) is 5.91 Å². The van der Waals surface area contributed by atoms with E-state index in [2.05, 4.69) is 4.98 Å². The van der Waals surface area contributed by atoms with Gasteiger partial charge in [-0.1, -0.05) is 97.1 Å². The fourth-order valence-electron chi connectivity index (χ4n) is 6.64. The number of carbonyl (C=O) groups is 1. The van der Waals surface area contributed by atoms with Crippen LogP contribution in [-0.4, -0.2) is 45.4 Å². The van der Waals surface area contributed by atoms with Crippen molar-refractivity contribution in [2.24, 2.45) is 0 Å². The smallest absolute Gasteiger partial charge is 0.265 e. The number of nitrogens with zero attached hydrogens (tertiary/aromatic N) is 7. The highest BCUT2D eigenvalue weighted by Crippen LogP contribution is 2.37. The van der Waals surface area contributed by atoms with Crippen molar-refractivity contribution in [2.75, 3.05) is 5.73 Å². The Labute approximate surface area is 277 Å². The number of fused-ring (bicyclic) bond motifs is 20. The lowest BCUT2D eigenvalue weighted by molar-refractivity contribution is 0.0968. The van der Waals surface area contributed by atoms with Crippen molar-refractivity contribution in [2.45, 2.75) is 0 Å². The highest BCUT2D eigenvalue weighted by molar-refractivity contribution is 6.14. The molecule has 2 aliphatic heterocycles. The van der Waals surface area contributed by atoms with E-state index < -0.39 is 0 Å². The van der Waals surface area contributed by atoms with Crippen LogP contribution in [0.4, 0.5) is 5.69 Å². The van der Waals surface area contributed by atoms with Gasteiger partial charge in [0.15, 0.2) is 34.6 Å². The standard InChI is InChI=1S/C39H23N9O/c40-22-19-17-21(18-20-22)39(49)48-37-29-15-7-8-16-30(29)38(48)47-36-28-14-6-4-12-26(28)34(45-36)43-32-24-10-2-1-9-23(24)31(41-32)42-33-25-11-3-5-13-27(25)35(44-33)46-37/h1-20H,40H2,(H,41,42,43,44,45,46,47). The zero-order chi connectivity index (χ0) is 32.6. The van der Waals surface area contributed by atoms with Crippen molar-refractivity contribution in [1.82, 2.24) is 39.5 Å². The lowest BCUT2D eigenvalue weighted by atomic mass is 10.1. The maximum absolute atomic E-state index is 14.6. The monoisotopic (exact) mass is 633 g/mol. The summed E-state index contributed by atoms with van der Waals surface area (Å²) in [6, 6.07) is 38.2. The van der Waals surface area contributed by atoms with Crippen LogP contribution in [0.25, 0.3) is 89.7 Å². The second kappa shape index (κ2) is 10.2. The summed E-state index contributed by atoms with van der Waals surface area (Å²) in [5.74, 6) is 1.54. The molecule has 3 N–H and O–H groups in total. The summed E-state index contributed by atoms with van der Waals surface area (Å²) in [6.07, 6.45) is 0. The highest BCUT2D eigenvalue weighted by atomic mass is 16.2. The molecule has 0 fully saturated rings. The Morgan fingerprint density at radius 1 is 0.469 bits per heavy atom. The van der Waals surface area contributed by atoms with E-state index in [1.54, 1.807) is 28.8 Å². The van der Waals surface area contributed by atoms with Gasteiger partial charge in [-0.25, -0.2) is 34.5 Å². The van der Waals surface area contributed by atoms with E-state index in [9.17, 15) is 4.79 Å². The second-order valence-corrected chi connectivity index (χ2v) is 11.9. The van der Waals surface area contributed by atoms with Gasteiger partial charge in [0.05, 0.1) is 0 Å². The van der Waals surface area contributed by atoms with Crippen LogP contribution in [0.1, 0.15) is 10.4 Å². The molecule has 2 aliphatic rings. The van der Waals surface area contributed by atoms with Gasteiger partial charge in [0.2, 0.25) is 0 Å². The summed E-state index contributed by atoms with van der Waals surface area (Å²) in [7, 11) is 0. The molecule has 5 heterocycles. The SMILES string of the molecule is Nc1ccc(C(=O)n2c3nc4nc(nc5[nH]c(nc6nc(nc2c2ccccc23)-c2ccccc2-6)c2ccccc52)-c2ccccc2-4)cc1. The number of hydrogen-bond acceptors (Lipinski definition) is 8. The molecule has 3 aromatic heterocycles. The van der Waals surface area contributed by atoms with Crippen molar-refractivity contribution in [3.63, 3.8) is 0 Å². The lowest BCUT2D eigenvalue weighted by Crippen LogP contribution is -2.13. The van der Waals surface area contributed by atoms with Gasteiger partial charge < -0.3 is 10.7 Å². The van der Waals surface area contributed by atoms with E-state index in [1.807, 2.05) is 97.1 Å². The first-order valence-corrected chi connectivity index (χ1v) is 15.7. The van der Waals surface area contributed by atoms with E-state index in [1.165, 1.54) is 0 Å². The molecule has 0 radical (unpaired) electrons.